The molecule has 2 rings (SSSR count). The van der Waals surface area contributed by atoms with Gasteiger partial charge in [-0.2, -0.15) is 0 Å². The fourth-order valence-electron chi connectivity index (χ4n) is 2.50. The van der Waals surface area contributed by atoms with Gasteiger partial charge >= 0.3 is 0 Å². The molecule has 0 aliphatic rings. The number of aliphatic hydroxyl groups is 1. The highest BCUT2D eigenvalue weighted by molar-refractivity contribution is 5.96. The Labute approximate surface area is 145 Å². The van der Waals surface area contributed by atoms with E-state index in [0.29, 0.717) is 5.56 Å². The zero-order valence-electron chi connectivity index (χ0n) is 14.2. The van der Waals surface area contributed by atoms with Gasteiger partial charge in [-0.15, -0.1) is 0 Å². The maximum absolute atomic E-state index is 13.5. The monoisotopic (exact) mass is 344 g/mol. The van der Waals surface area contributed by atoms with Crippen molar-refractivity contribution in [3.05, 3.63) is 70.5 Å². The summed E-state index contributed by atoms with van der Waals surface area (Å²) in [5.41, 5.74) is 2.52. The molecule has 0 saturated heterocycles. The predicted molar refractivity (Wildman–Crippen MR) is 92.6 cm³/mol. The molecule has 5 nitrogen and oxygen atoms in total. The van der Waals surface area contributed by atoms with E-state index in [1.54, 1.807) is 18.2 Å². The van der Waals surface area contributed by atoms with E-state index in [2.05, 4.69) is 10.6 Å². The highest BCUT2D eigenvalue weighted by Gasteiger charge is 2.14. The maximum Gasteiger partial charge on any atom is 0.251 e. The van der Waals surface area contributed by atoms with Crippen LogP contribution < -0.4 is 10.6 Å². The number of hydrogen-bond donors (Lipinski definition) is 3. The number of carbonyl (C=O) groups excluding carboxylic acids is 2. The molecule has 3 N–H and O–H groups in total. The molecular weight excluding hydrogens is 323 g/mol. The van der Waals surface area contributed by atoms with Crippen LogP contribution in [0.3, 0.4) is 0 Å². The molecule has 1 unspecified atom stereocenters. The molecule has 0 aliphatic carbocycles. The lowest BCUT2D eigenvalue weighted by atomic mass is 10.1. The molecule has 0 fully saturated rings. The van der Waals surface area contributed by atoms with Crippen molar-refractivity contribution in [1.82, 2.24) is 10.6 Å². The van der Waals surface area contributed by atoms with Gasteiger partial charge in [-0.3, -0.25) is 9.59 Å². The largest absolute Gasteiger partial charge is 0.386 e. The highest BCUT2D eigenvalue weighted by atomic mass is 19.1. The van der Waals surface area contributed by atoms with Crippen LogP contribution in [0.4, 0.5) is 4.39 Å². The normalized spacial score (nSPS) is 11.7. The van der Waals surface area contributed by atoms with Crippen molar-refractivity contribution in [3.8, 4) is 0 Å². The Bertz CT molecular complexity index is 757. The van der Waals surface area contributed by atoms with Gasteiger partial charge < -0.3 is 15.7 Å². The standard InChI is InChI=1S/C19H21FN2O3/c1-12-7-13(2)9-14(8-12)19(25)22-11-18(24)21-10-17(23)15-5-3-4-6-16(15)20/h3-9,17,23H,10-11H2,1-2H3,(H,21,24)(H,22,25). The first-order valence-corrected chi connectivity index (χ1v) is 7.92. The number of benzene rings is 2. The molecule has 0 bridgehead atoms. The van der Waals surface area contributed by atoms with Crippen LogP contribution in [-0.2, 0) is 4.79 Å². The Kier molecular flexibility index (Phi) is 6.25. The van der Waals surface area contributed by atoms with Crippen molar-refractivity contribution in [2.24, 2.45) is 0 Å². The Morgan fingerprint density at radius 1 is 1.08 bits per heavy atom. The first-order valence-electron chi connectivity index (χ1n) is 7.92. The molecule has 6 heteroatoms. The van der Waals surface area contributed by atoms with Crippen LogP contribution in [0.15, 0.2) is 42.5 Å². The van der Waals surface area contributed by atoms with Crippen molar-refractivity contribution in [2.75, 3.05) is 13.1 Å². The molecule has 2 amide bonds. The highest BCUT2D eigenvalue weighted by Crippen LogP contribution is 2.15. The van der Waals surface area contributed by atoms with E-state index in [4.69, 9.17) is 0 Å². The van der Waals surface area contributed by atoms with Gasteiger partial charge in [0, 0.05) is 17.7 Å². The van der Waals surface area contributed by atoms with Crippen LogP contribution in [0.2, 0.25) is 0 Å². The topological polar surface area (TPSA) is 78.4 Å². The lowest BCUT2D eigenvalue weighted by Gasteiger charge is -2.13. The minimum Gasteiger partial charge on any atom is -0.386 e. The number of rotatable bonds is 6. The summed E-state index contributed by atoms with van der Waals surface area (Å²) in [5, 5.41) is 14.9. The number of amides is 2. The minimum absolute atomic E-state index is 0.113. The molecule has 2 aromatic carbocycles. The second-order valence-corrected chi connectivity index (χ2v) is 5.90. The average Bonchev–Trinajstić information content (AvgIpc) is 2.57. The van der Waals surface area contributed by atoms with Gasteiger partial charge in [-0.05, 0) is 32.0 Å². The van der Waals surface area contributed by atoms with E-state index in [1.807, 2.05) is 19.9 Å². The molecule has 132 valence electrons. The fourth-order valence-corrected chi connectivity index (χ4v) is 2.50. The Morgan fingerprint density at radius 3 is 2.36 bits per heavy atom. The molecule has 0 radical (unpaired) electrons. The third-order valence-electron chi connectivity index (χ3n) is 3.65. The van der Waals surface area contributed by atoms with Gasteiger partial charge in [-0.25, -0.2) is 4.39 Å². The summed E-state index contributed by atoms with van der Waals surface area (Å²) in [5.74, 6) is -1.35. The fraction of sp³-hybridized carbons (Fsp3) is 0.263. The van der Waals surface area contributed by atoms with Crippen LogP contribution in [-0.4, -0.2) is 30.0 Å². The van der Waals surface area contributed by atoms with Gasteiger partial charge in [0.2, 0.25) is 5.91 Å². The van der Waals surface area contributed by atoms with Gasteiger partial charge in [0.15, 0.2) is 0 Å². The van der Waals surface area contributed by atoms with Crippen molar-refractivity contribution in [3.63, 3.8) is 0 Å². The molecule has 0 spiro atoms. The van der Waals surface area contributed by atoms with Crippen molar-refractivity contribution in [1.29, 1.82) is 0 Å². The van der Waals surface area contributed by atoms with Crippen molar-refractivity contribution < 1.29 is 19.1 Å². The molecule has 2 aromatic rings. The van der Waals surface area contributed by atoms with Gasteiger partial charge in [0.1, 0.15) is 5.82 Å². The average molecular weight is 344 g/mol. The summed E-state index contributed by atoms with van der Waals surface area (Å²) in [6.45, 7) is 3.41. The third-order valence-corrected chi connectivity index (χ3v) is 3.65. The molecule has 0 saturated carbocycles. The number of halogens is 1. The third kappa shape index (κ3) is 5.39. The van der Waals surface area contributed by atoms with Crippen molar-refractivity contribution >= 4 is 11.8 Å². The summed E-state index contributed by atoms with van der Waals surface area (Å²) < 4.78 is 13.5. The van der Waals surface area contributed by atoms with E-state index in [1.165, 1.54) is 18.2 Å². The molecule has 25 heavy (non-hydrogen) atoms. The second-order valence-electron chi connectivity index (χ2n) is 5.90. The minimum atomic E-state index is -1.15. The summed E-state index contributed by atoms with van der Waals surface area (Å²) in [6, 6.07) is 11.2. The number of carbonyl (C=O) groups is 2. The molecule has 0 aromatic heterocycles. The van der Waals surface area contributed by atoms with Gasteiger partial charge in [0.25, 0.3) is 5.91 Å². The number of nitrogens with one attached hydrogen (secondary N) is 2. The zero-order chi connectivity index (χ0) is 18.4. The van der Waals surface area contributed by atoms with Crippen LogP contribution >= 0.6 is 0 Å². The lowest BCUT2D eigenvalue weighted by Crippen LogP contribution is -2.38. The predicted octanol–water partition coefficient (Wildman–Crippen LogP) is 2.02. The first-order chi connectivity index (χ1) is 11.9. The van der Waals surface area contributed by atoms with Crippen LogP contribution in [0.25, 0.3) is 0 Å². The second kappa shape index (κ2) is 8.39. The van der Waals surface area contributed by atoms with E-state index >= 15 is 0 Å². The SMILES string of the molecule is Cc1cc(C)cc(C(=O)NCC(=O)NCC(O)c2ccccc2F)c1. The Hall–Kier alpha value is -2.73. The Morgan fingerprint density at radius 2 is 1.72 bits per heavy atom. The van der Waals surface area contributed by atoms with E-state index in [9.17, 15) is 19.1 Å². The Balaban J connectivity index is 1.82. The van der Waals surface area contributed by atoms with E-state index in [-0.39, 0.29) is 24.6 Å². The molecular formula is C19H21FN2O3. The molecule has 0 heterocycles. The van der Waals surface area contributed by atoms with Crippen LogP contribution in [0.1, 0.15) is 33.2 Å². The molecule has 1 atom stereocenters. The summed E-state index contributed by atoms with van der Waals surface area (Å²) in [6.07, 6.45) is -1.15. The zero-order valence-corrected chi connectivity index (χ0v) is 14.2. The van der Waals surface area contributed by atoms with Gasteiger partial charge in [-0.1, -0.05) is 35.4 Å². The van der Waals surface area contributed by atoms with Crippen molar-refractivity contribution in [2.45, 2.75) is 20.0 Å². The van der Waals surface area contributed by atoms with Crippen LogP contribution in [0.5, 0.6) is 0 Å². The summed E-state index contributed by atoms with van der Waals surface area (Å²) in [4.78, 5) is 23.9. The number of aryl methyl sites for hydroxylation is 2. The lowest BCUT2D eigenvalue weighted by molar-refractivity contribution is -0.120. The quantitative estimate of drug-likeness (QED) is 0.750. The van der Waals surface area contributed by atoms with Crippen LogP contribution in [0, 0.1) is 19.7 Å². The van der Waals surface area contributed by atoms with Gasteiger partial charge in [0.05, 0.1) is 12.6 Å². The number of aliphatic hydroxyl groups excluding tert-OH is 1. The maximum atomic E-state index is 13.5. The number of hydrogen-bond acceptors (Lipinski definition) is 3. The summed E-state index contributed by atoms with van der Waals surface area (Å²) >= 11 is 0. The first kappa shape index (κ1) is 18.6. The molecule has 0 aliphatic heterocycles. The smallest absolute Gasteiger partial charge is 0.251 e. The van der Waals surface area contributed by atoms with E-state index in [0.717, 1.165) is 11.1 Å². The van der Waals surface area contributed by atoms with E-state index < -0.39 is 17.8 Å². The summed E-state index contributed by atoms with van der Waals surface area (Å²) in [7, 11) is 0.